The van der Waals surface area contributed by atoms with Crippen LogP contribution in [0.2, 0.25) is 0 Å². The van der Waals surface area contributed by atoms with E-state index >= 15 is 0 Å². The van der Waals surface area contributed by atoms with Crippen molar-refractivity contribution in [2.75, 3.05) is 20.3 Å². The fraction of sp³-hybridized carbons (Fsp3) is 0.474. The Morgan fingerprint density at radius 1 is 1.44 bits per heavy atom. The summed E-state index contributed by atoms with van der Waals surface area (Å²) in [5, 5.41) is 4.27. The summed E-state index contributed by atoms with van der Waals surface area (Å²) < 4.78 is 13.0. The van der Waals surface area contributed by atoms with Gasteiger partial charge in [0.1, 0.15) is 18.1 Å². The fourth-order valence-electron chi connectivity index (χ4n) is 3.81. The largest absolute Gasteiger partial charge is 0.497 e. The highest BCUT2D eigenvalue weighted by atomic mass is 16.5. The molecule has 132 valence electrons. The molecule has 0 saturated carbocycles. The van der Waals surface area contributed by atoms with Crippen LogP contribution in [0.5, 0.6) is 11.5 Å². The van der Waals surface area contributed by atoms with E-state index in [0.717, 1.165) is 49.4 Å². The number of nitrogens with zero attached hydrogens (tertiary/aromatic N) is 3. The molecule has 2 aliphatic rings. The van der Waals surface area contributed by atoms with Gasteiger partial charge in [-0.2, -0.15) is 5.10 Å². The lowest BCUT2D eigenvalue weighted by molar-refractivity contribution is -0.138. The van der Waals surface area contributed by atoms with Gasteiger partial charge in [-0.1, -0.05) is 6.07 Å². The molecular weight excluding hydrogens is 318 g/mol. The van der Waals surface area contributed by atoms with E-state index in [9.17, 15) is 4.79 Å². The van der Waals surface area contributed by atoms with Gasteiger partial charge in [0.25, 0.3) is 0 Å². The highest BCUT2D eigenvalue weighted by Crippen LogP contribution is 2.32. The lowest BCUT2D eigenvalue weighted by Gasteiger charge is -2.31. The maximum absolute atomic E-state index is 13.1. The Morgan fingerprint density at radius 2 is 2.36 bits per heavy atom. The van der Waals surface area contributed by atoms with E-state index in [4.69, 9.17) is 9.47 Å². The summed E-state index contributed by atoms with van der Waals surface area (Å²) in [6.07, 6.45) is 6.55. The zero-order chi connectivity index (χ0) is 17.2. The Balaban J connectivity index is 1.45. The van der Waals surface area contributed by atoms with Crippen molar-refractivity contribution in [2.45, 2.75) is 31.8 Å². The Morgan fingerprint density at radius 3 is 3.16 bits per heavy atom. The van der Waals surface area contributed by atoms with Gasteiger partial charge >= 0.3 is 0 Å². The number of carbonyl (C=O) groups is 1. The van der Waals surface area contributed by atoms with Crippen molar-refractivity contribution in [1.82, 2.24) is 14.7 Å². The van der Waals surface area contributed by atoms with Gasteiger partial charge in [-0.15, -0.1) is 0 Å². The Hall–Kier alpha value is -2.50. The minimum absolute atomic E-state index is 0.112. The maximum Gasteiger partial charge on any atom is 0.229 e. The van der Waals surface area contributed by atoms with E-state index in [2.05, 4.69) is 5.10 Å². The summed E-state index contributed by atoms with van der Waals surface area (Å²) in [6.45, 7) is 2.03. The number of likely N-dealkylation sites (tertiary alicyclic amines) is 1. The van der Waals surface area contributed by atoms with Crippen molar-refractivity contribution < 1.29 is 14.3 Å². The van der Waals surface area contributed by atoms with Crippen LogP contribution in [0.4, 0.5) is 0 Å². The SMILES string of the molecule is COc1ccc2c(c1)OC[C@H](C(=O)N1CCC[C@H]1Cn1cccn1)C2. The van der Waals surface area contributed by atoms with Crippen LogP contribution in [-0.2, 0) is 17.8 Å². The maximum atomic E-state index is 13.1. The highest BCUT2D eigenvalue weighted by Gasteiger charge is 2.35. The third kappa shape index (κ3) is 3.21. The number of carbonyl (C=O) groups excluding carboxylic acids is 1. The number of benzene rings is 1. The van der Waals surface area contributed by atoms with Gasteiger partial charge in [0, 0.05) is 25.0 Å². The van der Waals surface area contributed by atoms with E-state index in [0.29, 0.717) is 6.61 Å². The van der Waals surface area contributed by atoms with E-state index in [1.54, 1.807) is 13.3 Å². The minimum atomic E-state index is -0.112. The first kappa shape index (κ1) is 16.0. The van der Waals surface area contributed by atoms with Crippen LogP contribution in [0, 0.1) is 5.92 Å². The number of hydrogen-bond donors (Lipinski definition) is 0. The molecule has 1 amide bonds. The van der Waals surface area contributed by atoms with Gasteiger partial charge in [0.2, 0.25) is 5.91 Å². The molecule has 6 heteroatoms. The summed E-state index contributed by atoms with van der Waals surface area (Å²) in [6, 6.07) is 7.96. The van der Waals surface area contributed by atoms with Crippen molar-refractivity contribution in [3.63, 3.8) is 0 Å². The van der Waals surface area contributed by atoms with E-state index in [1.165, 1.54) is 0 Å². The van der Waals surface area contributed by atoms with Gasteiger partial charge < -0.3 is 14.4 Å². The number of fused-ring (bicyclic) bond motifs is 1. The van der Waals surface area contributed by atoms with Crippen LogP contribution >= 0.6 is 0 Å². The number of aromatic nitrogens is 2. The molecule has 1 aromatic heterocycles. The molecule has 0 bridgehead atoms. The Labute approximate surface area is 147 Å². The lowest BCUT2D eigenvalue weighted by atomic mass is 9.95. The van der Waals surface area contributed by atoms with Crippen molar-refractivity contribution >= 4 is 5.91 Å². The van der Waals surface area contributed by atoms with Gasteiger partial charge in [-0.05, 0) is 37.0 Å². The molecule has 0 unspecified atom stereocenters. The van der Waals surface area contributed by atoms with Crippen molar-refractivity contribution in [2.24, 2.45) is 5.92 Å². The van der Waals surface area contributed by atoms with Crippen molar-refractivity contribution in [1.29, 1.82) is 0 Å². The molecule has 0 aliphatic carbocycles. The zero-order valence-corrected chi connectivity index (χ0v) is 14.4. The monoisotopic (exact) mass is 341 g/mol. The van der Waals surface area contributed by atoms with Gasteiger partial charge in [-0.25, -0.2) is 0 Å². The van der Waals surface area contributed by atoms with E-state index < -0.39 is 0 Å². The molecule has 1 fully saturated rings. The number of amides is 1. The molecule has 2 aromatic rings. The second kappa shape index (κ2) is 6.78. The van der Waals surface area contributed by atoms with Crippen LogP contribution < -0.4 is 9.47 Å². The second-order valence-corrected chi connectivity index (χ2v) is 6.74. The summed E-state index contributed by atoms with van der Waals surface area (Å²) in [5.41, 5.74) is 1.08. The average molecular weight is 341 g/mol. The zero-order valence-electron chi connectivity index (χ0n) is 14.4. The topological polar surface area (TPSA) is 56.6 Å². The summed E-state index contributed by atoms with van der Waals surface area (Å²) in [4.78, 5) is 15.1. The van der Waals surface area contributed by atoms with Gasteiger partial charge in [-0.3, -0.25) is 9.48 Å². The molecule has 0 spiro atoms. The quantitative estimate of drug-likeness (QED) is 0.855. The van der Waals surface area contributed by atoms with Crippen molar-refractivity contribution in [3.8, 4) is 11.5 Å². The first-order valence-electron chi connectivity index (χ1n) is 8.82. The predicted molar refractivity (Wildman–Crippen MR) is 92.6 cm³/mol. The second-order valence-electron chi connectivity index (χ2n) is 6.74. The molecule has 0 radical (unpaired) electrons. The van der Waals surface area contributed by atoms with E-state index in [-0.39, 0.29) is 17.9 Å². The van der Waals surface area contributed by atoms with Crippen LogP contribution in [0.1, 0.15) is 18.4 Å². The standard InChI is InChI=1S/C19H23N3O3/c1-24-17-6-5-14-10-15(13-25-18(14)11-17)19(23)22-9-2-4-16(22)12-21-8-3-7-20-21/h3,5-8,11,15-16H,2,4,9-10,12-13H2,1H3/t15-,16+/m1/s1. The first-order chi connectivity index (χ1) is 12.2. The van der Waals surface area contributed by atoms with Gasteiger partial charge in [0.15, 0.2) is 0 Å². The van der Waals surface area contributed by atoms with Crippen LogP contribution in [-0.4, -0.2) is 46.9 Å². The number of hydrogen-bond acceptors (Lipinski definition) is 4. The van der Waals surface area contributed by atoms with Crippen LogP contribution in [0.25, 0.3) is 0 Å². The molecule has 4 rings (SSSR count). The number of rotatable bonds is 4. The Kier molecular flexibility index (Phi) is 4.34. The highest BCUT2D eigenvalue weighted by molar-refractivity contribution is 5.80. The molecule has 1 aromatic carbocycles. The average Bonchev–Trinajstić information content (AvgIpc) is 3.32. The van der Waals surface area contributed by atoms with Gasteiger partial charge in [0.05, 0.1) is 25.6 Å². The third-order valence-corrected chi connectivity index (χ3v) is 5.15. The smallest absolute Gasteiger partial charge is 0.229 e. The molecule has 25 heavy (non-hydrogen) atoms. The molecule has 0 N–H and O–H groups in total. The summed E-state index contributed by atoms with van der Waals surface area (Å²) in [5.74, 6) is 1.70. The number of methoxy groups -OCH3 is 1. The molecule has 2 atom stereocenters. The summed E-state index contributed by atoms with van der Waals surface area (Å²) in [7, 11) is 1.64. The fourth-order valence-corrected chi connectivity index (χ4v) is 3.81. The molecule has 6 nitrogen and oxygen atoms in total. The minimum Gasteiger partial charge on any atom is -0.497 e. The lowest BCUT2D eigenvalue weighted by Crippen LogP contribution is -2.44. The Bertz CT molecular complexity index is 744. The third-order valence-electron chi connectivity index (χ3n) is 5.15. The summed E-state index contributed by atoms with van der Waals surface area (Å²) >= 11 is 0. The van der Waals surface area contributed by atoms with Crippen LogP contribution in [0.15, 0.2) is 36.7 Å². The molecule has 2 aliphatic heterocycles. The van der Waals surface area contributed by atoms with Crippen molar-refractivity contribution in [3.05, 3.63) is 42.2 Å². The first-order valence-corrected chi connectivity index (χ1v) is 8.82. The molecule has 3 heterocycles. The number of ether oxygens (including phenoxy) is 2. The molecule has 1 saturated heterocycles. The predicted octanol–water partition coefficient (Wildman–Crippen LogP) is 2.13. The van der Waals surface area contributed by atoms with Crippen LogP contribution in [0.3, 0.4) is 0 Å². The molecular formula is C19H23N3O3. The normalized spacial score (nSPS) is 22.4. The van der Waals surface area contributed by atoms with E-state index in [1.807, 2.05) is 40.0 Å².